The van der Waals surface area contributed by atoms with Gasteiger partial charge in [0, 0.05) is 24.5 Å². The minimum Gasteiger partial charge on any atom is -0.466 e. The summed E-state index contributed by atoms with van der Waals surface area (Å²) in [4.78, 5) is 11.6. The average Bonchev–Trinajstić information content (AvgIpc) is 2.63. The highest BCUT2D eigenvalue weighted by Gasteiger charge is 2.03. The largest absolute Gasteiger partial charge is 0.466 e. The lowest BCUT2D eigenvalue weighted by Crippen LogP contribution is -2.06. The van der Waals surface area contributed by atoms with E-state index in [1.807, 2.05) is 18.2 Å². The van der Waals surface area contributed by atoms with Gasteiger partial charge in [-0.2, -0.15) is 0 Å². The van der Waals surface area contributed by atoms with Crippen molar-refractivity contribution in [3.8, 4) is 0 Å². The van der Waals surface area contributed by atoms with Crippen molar-refractivity contribution in [1.82, 2.24) is 0 Å². The van der Waals surface area contributed by atoms with Crippen LogP contribution >= 0.6 is 11.6 Å². The van der Waals surface area contributed by atoms with E-state index in [4.69, 9.17) is 16.3 Å². The van der Waals surface area contributed by atoms with Crippen LogP contribution in [0.5, 0.6) is 0 Å². The van der Waals surface area contributed by atoms with E-state index in [-0.39, 0.29) is 5.97 Å². The number of esters is 1. The second kappa shape index (κ2) is 13.8. The number of nitrogens with one attached hydrogen (secondary N) is 1. The van der Waals surface area contributed by atoms with Crippen molar-refractivity contribution in [2.75, 3.05) is 18.5 Å². The Labute approximate surface area is 157 Å². The van der Waals surface area contributed by atoms with Crippen molar-refractivity contribution >= 4 is 23.3 Å². The molecule has 1 aromatic rings. The van der Waals surface area contributed by atoms with Gasteiger partial charge < -0.3 is 10.1 Å². The van der Waals surface area contributed by atoms with Crippen molar-refractivity contribution in [3.63, 3.8) is 0 Å². The lowest BCUT2D eigenvalue weighted by molar-refractivity contribution is -0.143. The zero-order chi connectivity index (χ0) is 18.3. The maximum absolute atomic E-state index is 11.6. The van der Waals surface area contributed by atoms with Gasteiger partial charge in [-0.05, 0) is 43.4 Å². The summed E-state index contributed by atoms with van der Waals surface area (Å²) in [6.07, 6.45) is 7.78. The molecule has 0 aliphatic rings. The minimum atomic E-state index is -0.0712. The molecule has 0 atom stereocenters. The molecule has 0 amide bonds. The molecule has 0 bridgehead atoms. The number of carbonyl (C=O) groups excluding carboxylic acids is 1. The van der Waals surface area contributed by atoms with Crippen molar-refractivity contribution in [2.45, 2.75) is 64.2 Å². The zero-order valence-electron chi connectivity index (χ0n) is 15.5. The fraction of sp³-hybridized carbons (Fsp3) is 0.571. The highest BCUT2D eigenvalue weighted by molar-refractivity contribution is 6.17. The van der Waals surface area contributed by atoms with Crippen LogP contribution in [0, 0.1) is 0 Å². The molecule has 4 heteroatoms. The van der Waals surface area contributed by atoms with Crippen LogP contribution in [0.15, 0.2) is 36.4 Å². The third-order valence-electron chi connectivity index (χ3n) is 4.05. The molecule has 0 fully saturated rings. The van der Waals surface area contributed by atoms with Crippen LogP contribution in [-0.4, -0.2) is 19.1 Å². The second-order valence-electron chi connectivity index (χ2n) is 6.43. The lowest BCUT2D eigenvalue weighted by atomic mass is 10.1. The maximum Gasteiger partial charge on any atom is 0.305 e. The summed E-state index contributed by atoms with van der Waals surface area (Å²) in [5, 5.41) is 3.36. The summed E-state index contributed by atoms with van der Waals surface area (Å²) in [7, 11) is 0. The van der Waals surface area contributed by atoms with Crippen LogP contribution < -0.4 is 5.32 Å². The molecular formula is C21H32ClNO2. The molecule has 0 radical (unpaired) electrons. The number of ether oxygens (including phenoxy) is 1. The first-order chi connectivity index (χ1) is 12.2. The summed E-state index contributed by atoms with van der Waals surface area (Å²) in [6.45, 7) is 7.59. The predicted molar refractivity (Wildman–Crippen MR) is 107 cm³/mol. The van der Waals surface area contributed by atoms with Gasteiger partial charge >= 0.3 is 5.97 Å². The first-order valence-electron chi connectivity index (χ1n) is 9.36. The molecule has 1 N–H and O–H groups in total. The van der Waals surface area contributed by atoms with Crippen LogP contribution in [0.4, 0.5) is 5.69 Å². The number of alkyl halides is 1. The Kier molecular flexibility index (Phi) is 11.9. The molecule has 0 spiro atoms. The van der Waals surface area contributed by atoms with Gasteiger partial charge in [-0.25, -0.2) is 0 Å². The van der Waals surface area contributed by atoms with Crippen molar-refractivity contribution in [2.24, 2.45) is 0 Å². The SMILES string of the molecule is C=C(CCCCC(=O)OCCCCCC)CNc1cccc(CCl)c1. The standard InChI is InChI=1S/C21H32ClNO2/c1-3-4-5-8-14-25-21(24)13-7-6-10-18(2)17-23-20-12-9-11-19(15-20)16-22/h9,11-12,15,23H,2-8,10,13-14,16-17H2,1H3. The van der Waals surface area contributed by atoms with Crippen LogP contribution in [0.2, 0.25) is 0 Å². The molecule has 3 nitrogen and oxygen atoms in total. The summed E-state index contributed by atoms with van der Waals surface area (Å²) >= 11 is 5.84. The van der Waals surface area contributed by atoms with Gasteiger partial charge in [-0.3, -0.25) is 4.79 Å². The van der Waals surface area contributed by atoms with Crippen molar-refractivity contribution in [1.29, 1.82) is 0 Å². The van der Waals surface area contributed by atoms with Crippen LogP contribution in [0.3, 0.4) is 0 Å². The van der Waals surface area contributed by atoms with E-state index in [0.29, 0.717) is 18.9 Å². The lowest BCUT2D eigenvalue weighted by Gasteiger charge is -2.10. The third-order valence-corrected chi connectivity index (χ3v) is 4.35. The predicted octanol–water partition coefficient (Wildman–Crippen LogP) is 6.08. The summed E-state index contributed by atoms with van der Waals surface area (Å²) in [5.41, 5.74) is 3.31. The number of hydrogen-bond donors (Lipinski definition) is 1. The van der Waals surface area contributed by atoms with Crippen LogP contribution in [-0.2, 0) is 15.4 Å². The Morgan fingerprint density at radius 3 is 2.72 bits per heavy atom. The molecule has 0 saturated carbocycles. The summed E-state index contributed by atoms with van der Waals surface area (Å²) < 4.78 is 5.24. The molecule has 0 saturated heterocycles. The Morgan fingerprint density at radius 2 is 1.96 bits per heavy atom. The third kappa shape index (κ3) is 10.9. The molecule has 25 heavy (non-hydrogen) atoms. The molecule has 140 valence electrons. The average molecular weight is 366 g/mol. The van der Waals surface area contributed by atoms with Crippen molar-refractivity contribution < 1.29 is 9.53 Å². The normalized spacial score (nSPS) is 10.5. The fourth-order valence-corrected chi connectivity index (χ4v) is 2.68. The molecule has 0 unspecified atom stereocenters. The number of hydrogen-bond acceptors (Lipinski definition) is 3. The van der Waals surface area contributed by atoms with Gasteiger partial charge in [0.25, 0.3) is 0 Å². The fourth-order valence-electron chi connectivity index (χ4n) is 2.51. The Balaban J connectivity index is 2.05. The molecule has 1 aromatic carbocycles. The first kappa shape index (κ1) is 21.6. The second-order valence-corrected chi connectivity index (χ2v) is 6.69. The van der Waals surface area contributed by atoms with E-state index in [1.165, 1.54) is 12.8 Å². The van der Waals surface area contributed by atoms with Crippen LogP contribution in [0.25, 0.3) is 0 Å². The van der Waals surface area contributed by atoms with Gasteiger partial charge in [0.05, 0.1) is 6.61 Å². The quantitative estimate of drug-likeness (QED) is 0.188. The van der Waals surface area contributed by atoms with Gasteiger partial charge in [0.2, 0.25) is 0 Å². The maximum atomic E-state index is 11.6. The molecule has 0 aromatic heterocycles. The summed E-state index contributed by atoms with van der Waals surface area (Å²) in [6, 6.07) is 8.09. The minimum absolute atomic E-state index is 0.0712. The van der Waals surface area contributed by atoms with E-state index in [9.17, 15) is 4.79 Å². The number of carbonyl (C=O) groups is 1. The molecule has 0 aliphatic carbocycles. The Bertz CT molecular complexity index is 516. The number of rotatable bonds is 14. The highest BCUT2D eigenvalue weighted by atomic mass is 35.5. The van der Waals surface area contributed by atoms with Crippen molar-refractivity contribution in [3.05, 3.63) is 42.0 Å². The van der Waals surface area contributed by atoms with Gasteiger partial charge in [0.1, 0.15) is 0 Å². The smallest absolute Gasteiger partial charge is 0.305 e. The van der Waals surface area contributed by atoms with E-state index in [2.05, 4.69) is 24.9 Å². The van der Waals surface area contributed by atoms with E-state index >= 15 is 0 Å². The van der Waals surface area contributed by atoms with Crippen LogP contribution in [0.1, 0.15) is 63.9 Å². The number of unbranched alkanes of at least 4 members (excludes halogenated alkanes) is 4. The molecule has 0 aliphatic heterocycles. The number of benzene rings is 1. The van der Waals surface area contributed by atoms with E-state index < -0.39 is 0 Å². The zero-order valence-corrected chi connectivity index (χ0v) is 16.2. The number of anilines is 1. The summed E-state index contributed by atoms with van der Waals surface area (Å²) in [5.74, 6) is 0.448. The Morgan fingerprint density at radius 1 is 1.16 bits per heavy atom. The van der Waals surface area contributed by atoms with E-state index in [1.54, 1.807) is 0 Å². The Hall–Kier alpha value is -1.48. The molecule has 0 heterocycles. The topological polar surface area (TPSA) is 38.3 Å². The van der Waals surface area contributed by atoms with Gasteiger partial charge in [-0.1, -0.05) is 50.5 Å². The van der Waals surface area contributed by atoms with E-state index in [0.717, 1.165) is 55.5 Å². The highest BCUT2D eigenvalue weighted by Crippen LogP contribution is 2.14. The molecule has 1 rings (SSSR count). The van der Waals surface area contributed by atoms with Gasteiger partial charge in [-0.15, -0.1) is 11.6 Å². The van der Waals surface area contributed by atoms with Gasteiger partial charge in [0.15, 0.2) is 0 Å². The first-order valence-corrected chi connectivity index (χ1v) is 9.90. The molecular weight excluding hydrogens is 334 g/mol. The number of halogens is 1. The monoisotopic (exact) mass is 365 g/mol.